The number of ether oxygens (including phenoxy) is 1. The van der Waals surface area contributed by atoms with Gasteiger partial charge in [0.1, 0.15) is 5.60 Å². The third kappa shape index (κ3) is 7.30. The molecule has 1 aliphatic rings. The summed E-state index contributed by atoms with van der Waals surface area (Å²) in [7, 11) is 0. The van der Waals surface area contributed by atoms with Crippen molar-refractivity contribution >= 4 is 12.0 Å². The molecule has 4 heteroatoms. The van der Waals surface area contributed by atoms with E-state index in [-0.39, 0.29) is 11.4 Å². The zero-order valence-electron chi connectivity index (χ0n) is 16.8. The fourth-order valence-electron chi connectivity index (χ4n) is 2.59. The van der Waals surface area contributed by atoms with Gasteiger partial charge in [-0.05, 0) is 61.3 Å². The lowest BCUT2D eigenvalue weighted by Crippen LogP contribution is -2.29. The van der Waals surface area contributed by atoms with Crippen molar-refractivity contribution in [2.24, 2.45) is 5.41 Å². The second kappa shape index (κ2) is 8.83. The molecule has 0 saturated heterocycles. The van der Waals surface area contributed by atoms with Gasteiger partial charge in [0.2, 0.25) is 0 Å². The van der Waals surface area contributed by atoms with Gasteiger partial charge in [-0.15, -0.1) is 0 Å². The summed E-state index contributed by atoms with van der Waals surface area (Å²) < 4.78 is 5.53. The van der Waals surface area contributed by atoms with Gasteiger partial charge in [0, 0.05) is 12.5 Å². The number of fused-ring (bicyclic) bond motifs is 1. The topological polar surface area (TPSA) is 44.8 Å². The summed E-state index contributed by atoms with van der Waals surface area (Å²) in [4.78, 5) is 22.4. The van der Waals surface area contributed by atoms with Gasteiger partial charge in [0.05, 0.1) is 13.2 Å². The molecule has 0 N–H and O–H groups in total. The monoisotopic (exact) mass is 360 g/mol. The van der Waals surface area contributed by atoms with E-state index in [1.807, 2.05) is 26.0 Å². The molecule has 144 valence electrons. The van der Waals surface area contributed by atoms with Crippen LogP contribution in [-0.2, 0) is 32.1 Å². The Kier molecular flexibility index (Phi) is 7.01. The highest BCUT2D eigenvalue weighted by atomic mass is 17.2. The van der Waals surface area contributed by atoms with E-state index < -0.39 is 5.60 Å². The molecular weight excluding hydrogens is 328 g/mol. The Balaban J connectivity index is 1.67. The minimum atomic E-state index is -0.602. The number of carbonyl (C=O) groups is 1. The Labute approximate surface area is 157 Å². The van der Waals surface area contributed by atoms with Crippen molar-refractivity contribution in [1.29, 1.82) is 0 Å². The van der Waals surface area contributed by atoms with Gasteiger partial charge in [0.25, 0.3) is 0 Å². The Bertz CT molecular complexity index is 638. The molecule has 0 fully saturated rings. The average Bonchev–Trinajstić information content (AvgIpc) is 2.49. The molecular formula is C22H32O4. The first-order chi connectivity index (χ1) is 12.1. The number of aryl methyl sites for hydroxylation is 2. The summed E-state index contributed by atoms with van der Waals surface area (Å²) in [5, 5.41) is 0. The molecule has 0 aliphatic heterocycles. The maximum Gasteiger partial charge on any atom is 0.331 e. The Morgan fingerprint density at radius 1 is 1.00 bits per heavy atom. The second-order valence-electron chi connectivity index (χ2n) is 8.75. The van der Waals surface area contributed by atoms with Gasteiger partial charge in [-0.1, -0.05) is 39.0 Å². The van der Waals surface area contributed by atoms with Gasteiger partial charge in [0.15, 0.2) is 0 Å². The standard InChI is InChI=1S/C22H32O4/c1-21(2,3)12-14-24-25-15-13-22(4,5)26-20(23)11-7-17-6-8-18-9-10-19(18)16-17/h6-8,11,16H,9-10,12-15H2,1-5H3/b11-7+. The molecule has 0 aromatic heterocycles. The molecule has 26 heavy (non-hydrogen) atoms. The van der Waals surface area contributed by atoms with Crippen LogP contribution >= 0.6 is 0 Å². The van der Waals surface area contributed by atoms with Crippen molar-refractivity contribution in [3.63, 3.8) is 0 Å². The van der Waals surface area contributed by atoms with Crippen LogP contribution in [0.25, 0.3) is 6.08 Å². The molecule has 4 nitrogen and oxygen atoms in total. The van der Waals surface area contributed by atoms with Crippen molar-refractivity contribution in [2.75, 3.05) is 13.2 Å². The lowest BCUT2D eigenvalue weighted by molar-refractivity contribution is -0.301. The number of benzene rings is 1. The highest BCUT2D eigenvalue weighted by molar-refractivity contribution is 5.87. The summed E-state index contributed by atoms with van der Waals surface area (Å²) >= 11 is 0. The molecule has 0 radical (unpaired) electrons. The molecule has 1 aromatic rings. The van der Waals surface area contributed by atoms with Crippen LogP contribution in [0.15, 0.2) is 24.3 Å². The van der Waals surface area contributed by atoms with E-state index in [2.05, 4.69) is 32.9 Å². The van der Waals surface area contributed by atoms with Crippen LogP contribution in [0.5, 0.6) is 0 Å². The SMILES string of the molecule is CC(C)(C)CCOOCCC(C)(C)OC(=O)/C=C/c1ccc2c(c1)CC2. The van der Waals surface area contributed by atoms with E-state index in [1.165, 1.54) is 17.2 Å². The van der Waals surface area contributed by atoms with Gasteiger partial charge < -0.3 is 4.74 Å². The fourth-order valence-corrected chi connectivity index (χ4v) is 2.59. The molecule has 0 unspecified atom stereocenters. The third-order valence-corrected chi connectivity index (χ3v) is 4.49. The van der Waals surface area contributed by atoms with Crippen molar-refractivity contribution in [2.45, 2.75) is 65.9 Å². The van der Waals surface area contributed by atoms with Crippen molar-refractivity contribution in [3.8, 4) is 0 Å². The third-order valence-electron chi connectivity index (χ3n) is 4.49. The highest BCUT2D eigenvalue weighted by Gasteiger charge is 2.22. The molecule has 0 amide bonds. The number of carbonyl (C=O) groups excluding carboxylic acids is 1. The minimum Gasteiger partial charge on any atom is -0.456 e. The van der Waals surface area contributed by atoms with Crippen LogP contribution in [0, 0.1) is 5.41 Å². The first kappa shape index (κ1) is 20.7. The molecule has 0 atom stereocenters. The summed E-state index contributed by atoms with van der Waals surface area (Å²) in [5.74, 6) is -0.341. The zero-order chi connectivity index (χ0) is 19.2. The maximum absolute atomic E-state index is 12.1. The van der Waals surface area contributed by atoms with E-state index >= 15 is 0 Å². The molecule has 0 bridgehead atoms. The van der Waals surface area contributed by atoms with Gasteiger partial charge in [-0.2, -0.15) is 0 Å². The molecule has 1 aliphatic carbocycles. The molecule has 0 spiro atoms. The average molecular weight is 360 g/mol. The summed E-state index contributed by atoms with van der Waals surface area (Å²) in [6.07, 6.45) is 7.09. The number of hydrogen-bond acceptors (Lipinski definition) is 4. The van der Waals surface area contributed by atoms with E-state index in [0.717, 1.165) is 24.8 Å². The predicted octanol–water partition coefficient (Wildman–Crippen LogP) is 4.89. The Morgan fingerprint density at radius 2 is 1.65 bits per heavy atom. The Morgan fingerprint density at radius 3 is 2.23 bits per heavy atom. The van der Waals surface area contributed by atoms with Crippen LogP contribution in [-0.4, -0.2) is 24.8 Å². The lowest BCUT2D eigenvalue weighted by atomic mass is 9.87. The highest BCUT2D eigenvalue weighted by Crippen LogP contribution is 2.24. The van der Waals surface area contributed by atoms with Gasteiger partial charge in [-0.25, -0.2) is 14.6 Å². The molecule has 0 saturated carbocycles. The number of hydrogen-bond donors (Lipinski definition) is 0. The molecule has 0 heterocycles. The quantitative estimate of drug-likeness (QED) is 0.207. The maximum atomic E-state index is 12.1. The number of rotatable bonds is 9. The first-order valence-corrected chi connectivity index (χ1v) is 9.42. The van der Waals surface area contributed by atoms with Crippen molar-refractivity contribution in [1.82, 2.24) is 0 Å². The van der Waals surface area contributed by atoms with Crippen molar-refractivity contribution < 1.29 is 19.3 Å². The normalized spacial score (nSPS) is 14.2. The van der Waals surface area contributed by atoms with Crippen LogP contribution in [0.2, 0.25) is 0 Å². The molecule has 1 aromatic carbocycles. The van der Waals surface area contributed by atoms with Gasteiger partial charge in [-0.3, -0.25) is 0 Å². The van der Waals surface area contributed by atoms with E-state index in [1.54, 1.807) is 0 Å². The zero-order valence-corrected chi connectivity index (χ0v) is 16.8. The van der Waals surface area contributed by atoms with Crippen LogP contribution in [0.4, 0.5) is 0 Å². The summed E-state index contributed by atoms with van der Waals surface area (Å²) in [6, 6.07) is 6.30. The predicted molar refractivity (Wildman–Crippen MR) is 104 cm³/mol. The fraction of sp³-hybridized carbons (Fsp3) is 0.591. The van der Waals surface area contributed by atoms with Gasteiger partial charge >= 0.3 is 5.97 Å². The lowest BCUT2D eigenvalue weighted by Gasteiger charge is -2.24. The second-order valence-corrected chi connectivity index (χ2v) is 8.75. The smallest absolute Gasteiger partial charge is 0.331 e. The van der Waals surface area contributed by atoms with Crippen molar-refractivity contribution in [3.05, 3.63) is 41.0 Å². The largest absolute Gasteiger partial charge is 0.456 e. The molecule has 2 rings (SSSR count). The van der Waals surface area contributed by atoms with Crippen LogP contribution in [0.3, 0.4) is 0 Å². The van der Waals surface area contributed by atoms with E-state index in [0.29, 0.717) is 19.6 Å². The van der Waals surface area contributed by atoms with E-state index in [4.69, 9.17) is 14.5 Å². The summed E-state index contributed by atoms with van der Waals surface area (Å²) in [5.41, 5.74) is 3.45. The number of esters is 1. The summed E-state index contributed by atoms with van der Waals surface area (Å²) in [6.45, 7) is 11.2. The Hall–Kier alpha value is -1.65. The van der Waals surface area contributed by atoms with Crippen LogP contribution < -0.4 is 0 Å². The van der Waals surface area contributed by atoms with E-state index in [9.17, 15) is 4.79 Å². The van der Waals surface area contributed by atoms with Crippen LogP contribution in [0.1, 0.15) is 64.2 Å². The minimum absolute atomic E-state index is 0.226. The first-order valence-electron chi connectivity index (χ1n) is 9.42.